The summed E-state index contributed by atoms with van der Waals surface area (Å²) in [5.74, 6) is 0.373. The Bertz CT molecular complexity index is 165. The molecular weight excluding hydrogens is 104 g/mol. The van der Waals surface area contributed by atoms with Crippen molar-refractivity contribution >= 4 is 5.78 Å². The van der Waals surface area contributed by atoms with Gasteiger partial charge in [0.15, 0.2) is 5.76 Å². The van der Waals surface area contributed by atoms with Gasteiger partial charge in [0.1, 0.15) is 0 Å². The molecule has 0 saturated heterocycles. The summed E-state index contributed by atoms with van der Waals surface area (Å²) >= 11 is 0. The van der Waals surface area contributed by atoms with E-state index in [4.69, 9.17) is 4.74 Å². The van der Waals surface area contributed by atoms with E-state index in [2.05, 4.69) is 0 Å². The first kappa shape index (κ1) is 5.09. The van der Waals surface area contributed by atoms with Crippen LogP contribution in [0.25, 0.3) is 0 Å². The van der Waals surface area contributed by atoms with E-state index in [0.717, 1.165) is 0 Å². The van der Waals surface area contributed by atoms with Crippen LogP contribution in [0.4, 0.5) is 0 Å². The minimum Gasteiger partial charge on any atom is -0.461 e. The van der Waals surface area contributed by atoms with Gasteiger partial charge in [0.05, 0.1) is 6.26 Å². The smallest absolute Gasteiger partial charge is 0.223 e. The molecule has 1 aliphatic heterocycles. The van der Waals surface area contributed by atoms with Crippen LogP contribution in [-0.2, 0) is 9.53 Å². The van der Waals surface area contributed by atoms with E-state index in [-0.39, 0.29) is 5.78 Å². The summed E-state index contributed by atoms with van der Waals surface area (Å²) in [6.45, 7) is 1.76. The molecule has 0 aromatic rings. The highest BCUT2D eigenvalue weighted by Crippen LogP contribution is 2.07. The lowest BCUT2D eigenvalue weighted by Crippen LogP contribution is -1.90. The third-order valence-corrected chi connectivity index (χ3v) is 0.919. The van der Waals surface area contributed by atoms with E-state index in [1.54, 1.807) is 13.0 Å². The van der Waals surface area contributed by atoms with Crippen molar-refractivity contribution < 1.29 is 9.53 Å². The summed E-state index contributed by atoms with van der Waals surface area (Å²) in [7, 11) is 0. The Balaban J connectivity index is 2.79. The van der Waals surface area contributed by atoms with Crippen molar-refractivity contribution in [3.8, 4) is 0 Å². The zero-order valence-corrected chi connectivity index (χ0v) is 4.55. The average Bonchev–Trinajstić information content (AvgIpc) is 2.14. The second kappa shape index (κ2) is 1.82. The summed E-state index contributed by atoms with van der Waals surface area (Å²) in [6.07, 6.45) is 4.43. The maximum Gasteiger partial charge on any atom is 0.223 e. The quantitative estimate of drug-likeness (QED) is 0.435. The first-order valence-corrected chi connectivity index (χ1v) is 2.38. The normalized spacial score (nSPS) is 22.1. The van der Waals surface area contributed by atoms with E-state index < -0.39 is 0 Å². The molecule has 8 heavy (non-hydrogen) atoms. The van der Waals surface area contributed by atoms with Crippen LogP contribution >= 0.6 is 0 Å². The fraction of sp³-hybridized carbons (Fsp3) is 0.167. The van der Waals surface area contributed by atoms with Crippen LogP contribution in [-0.4, -0.2) is 5.78 Å². The summed E-state index contributed by atoms with van der Waals surface area (Å²) in [6, 6.07) is 0. The first-order chi connectivity index (χ1) is 3.84. The molecule has 2 heteroatoms. The number of hydrogen-bond acceptors (Lipinski definition) is 2. The molecule has 0 spiro atoms. The van der Waals surface area contributed by atoms with Gasteiger partial charge in [-0.15, -0.1) is 0 Å². The maximum absolute atomic E-state index is 10.5. The Morgan fingerprint density at radius 3 is 2.75 bits per heavy atom. The van der Waals surface area contributed by atoms with Gasteiger partial charge in [-0.1, -0.05) is 0 Å². The summed E-state index contributed by atoms with van der Waals surface area (Å²) < 4.78 is 4.75. The molecule has 0 radical (unpaired) electrons. The Hall–Kier alpha value is -1.05. The van der Waals surface area contributed by atoms with Crippen LogP contribution in [0.3, 0.4) is 0 Å². The number of ether oxygens (including phenoxy) is 1. The lowest BCUT2D eigenvalue weighted by atomic mass is 10.3. The molecule has 42 valence electrons. The van der Waals surface area contributed by atoms with Gasteiger partial charge in [-0.05, 0) is 13.0 Å². The molecule has 0 atom stereocenters. The summed E-state index contributed by atoms with van der Waals surface area (Å²) in [4.78, 5) is 10.5. The highest BCUT2D eigenvalue weighted by molar-refractivity contribution is 6.03. The molecule has 0 bridgehead atoms. The zero-order valence-electron chi connectivity index (χ0n) is 4.55. The van der Waals surface area contributed by atoms with Crippen molar-refractivity contribution in [3.05, 3.63) is 24.2 Å². The van der Waals surface area contributed by atoms with E-state index in [9.17, 15) is 4.79 Å². The Labute approximate surface area is 47.5 Å². The van der Waals surface area contributed by atoms with Crippen LogP contribution in [0.2, 0.25) is 0 Å². The lowest BCUT2D eigenvalue weighted by molar-refractivity contribution is -0.112. The Morgan fingerprint density at radius 1 is 1.75 bits per heavy atom. The molecule has 0 unspecified atom stereocenters. The van der Waals surface area contributed by atoms with Crippen molar-refractivity contribution in [2.75, 3.05) is 0 Å². The van der Waals surface area contributed by atoms with Crippen molar-refractivity contribution in [1.29, 1.82) is 0 Å². The van der Waals surface area contributed by atoms with Crippen LogP contribution in [0, 0.1) is 0 Å². The third-order valence-electron chi connectivity index (χ3n) is 0.919. The second-order valence-corrected chi connectivity index (χ2v) is 1.44. The average molecular weight is 110 g/mol. The third kappa shape index (κ3) is 0.644. The lowest BCUT2D eigenvalue weighted by Gasteiger charge is -1.89. The van der Waals surface area contributed by atoms with Gasteiger partial charge in [-0.2, -0.15) is 0 Å². The number of allylic oxidation sites excluding steroid dienone is 2. The largest absolute Gasteiger partial charge is 0.461 e. The molecule has 0 aromatic heterocycles. The predicted octanol–water partition coefficient (Wildman–Crippen LogP) is 1.00. The van der Waals surface area contributed by atoms with E-state index in [0.29, 0.717) is 5.76 Å². The zero-order chi connectivity index (χ0) is 5.98. The molecule has 0 saturated carbocycles. The van der Waals surface area contributed by atoms with Gasteiger partial charge in [0, 0.05) is 6.08 Å². The predicted molar refractivity (Wildman–Crippen MR) is 29.0 cm³/mol. The molecule has 0 aromatic carbocycles. The monoisotopic (exact) mass is 110 g/mol. The van der Waals surface area contributed by atoms with Gasteiger partial charge in [-0.25, -0.2) is 0 Å². The second-order valence-electron chi connectivity index (χ2n) is 1.44. The molecule has 1 heterocycles. The number of rotatable bonds is 0. The standard InChI is InChI=1S/C6H6O2/c1-2-6-5(7)3-4-8-6/h2-4H,1H3. The molecule has 0 N–H and O–H groups in total. The number of carbonyl (C=O) groups excluding carboxylic acids is 1. The van der Waals surface area contributed by atoms with Crippen molar-refractivity contribution in [3.63, 3.8) is 0 Å². The molecule has 2 nitrogen and oxygen atoms in total. The topological polar surface area (TPSA) is 26.3 Å². The Morgan fingerprint density at radius 2 is 2.50 bits per heavy atom. The summed E-state index contributed by atoms with van der Waals surface area (Å²) in [5.41, 5.74) is 0. The van der Waals surface area contributed by atoms with Crippen LogP contribution in [0.15, 0.2) is 24.2 Å². The van der Waals surface area contributed by atoms with Gasteiger partial charge in [0.25, 0.3) is 0 Å². The maximum atomic E-state index is 10.5. The van der Waals surface area contributed by atoms with E-state index in [1.165, 1.54) is 12.3 Å². The number of carbonyl (C=O) groups is 1. The van der Waals surface area contributed by atoms with Crippen LogP contribution < -0.4 is 0 Å². The molecular formula is C6H6O2. The molecule has 0 amide bonds. The van der Waals surface area contributed by atoms with Crippen LogP contribution in [0.1, 0.15) is 6.92 Å². The molecule has 0 fully saturated rings. The van der Waals surface area contributed by atoms with E-state index >= 15 is 0 Å². The molecule has 1 aliphatic rings. The molecule has 0 aliphatic carbocycles. The highest BCUT2D eigenvalue weighted by atomic mass is 16.5. The van der Waals surface area contributed by atoms with Crippen molar-refractivity contribution in [1.82, 2.24) is 0 Å². The van der Waals surface area contributed by atoms with Gasteiger partial charge >= 0.3 is 0 Å². The Kier molecular flexibility index (Phi) is 1.16. The van der Waals surface area contributed by atoms with Gasteiger partial charge < -0.3 is 4.74 Å². The van der Waals surface area contributed by atoms with Crippen LogP contribution in [0.5, 0.6) is 0 Å². The number of ketones is 1. The minimum absolute atomic E-state index is 0.0486. The fourth-order valence-electron chi connectivity index (χ4n) is 0.520. The fourth-order valence-corrected chi connectivity index (χ4v) is 0.520. The SMILES string of the molecule is CC=C1OC=CC1=O. The minimum atomic E-state index is -0.0486. The van der Waals surface area contributed by atoms with Crippen molar-refractivity contribution in [2.24, 2.45) is 0 Å². The summed E-state index contributed by atoms with van der Waals surface area (Å²) in [5, 5.41) is 0. The van der Waals surface area contributed by atoms with Gasteiger partial charge in [0.2, 0.25) is 5.78 Å². The molecule has 1 rings (SSSR count). The van der Waals surface area contributed by atoms with E-state index in [1.807, 2.05) is 0 Å². The highest BCUT2D eigenvalue weighted by Gasteiger charge is 2.09. The van der Waals surface area contributed by atoms with Gasteiger partial charge in [-0.3, -0.25) is 4.79 Å². The number of hydrogen-bond donors (Lipinski definition) is 0. The first-order valence-electron chi connectivity index (χ1n) is 2.38. The van der Waals surface area contributed by atoms with Crippen molar-refractivity contribution in [2.45, 2.75) is 6.92 Å².